The fraction of sp³-hybridized carbons (Fsp3) is 0. The van der Waals surface area contributed by atoms with Gasteiger partial charge in [-0.2, -0.15) is 0 Å². The maximum absolute atomic E-state index is 9.11. The van der Waals surface area contributed by atoms with Crippen molar-refractivity contribution in [2.45, 2.75) is 0 Å². The van der Waals surface area contributed by atoms with Crippen LogP contribution in [0.25, 0.3) is 33.0 Å². The average molecular weight is 307 g/mol. The van der Waals surface area contributed by atoms with Crippen LogP contribution in [-0.4, -0.2) is 12.5 Å². The van der Waals surface area contributed by atoms with E-state index in [9.17, 15) is 0 Å². The summed E-state index contributed by atoms with van der Waals surface area (Å²) in [5.74, 6) is 0. The van der Waals surface area contributed by atoms with Gasteiger partial charge in [0.25, 0.3) is 0 Å². The molecular weight excluding hydrogens is 291 g/mol. The van der Waals surface area contributed by atoms with Crippen LogP contribution in [0.4, 0.5) is 0 Å². The van der Waals surface area contributed by atoms with Crippen LogP contribution in [0.1, 0.15) is 0 Å². The summed E-state index contributed by atoms with van der Waals surface area (Å²) >= 11 is 0. The second kappa shape index (κ2) is 6.35. The number of fused-ring (bicyclic) bond motifs is 1. The van der Waals surface area contributed by atoms with E-state index in [1.807, 2.05) is 30.3 Å². The molecule has 0 bridgehead atoms. The molecule has 1 N–H and O–H groups in total. The molecule has 0 unspecified atom stereocenters. The quantitative estimate of drug-likeness (QED) is 0.556. The standard InChI is InChI=1S/C22H16BO/c24-23-18-12-10-17(11-13-18)20-15-14-19(16-6-2-1-3-7-16)21-8-4-5-9-22(20)21/h1-15,24H. The van der Waals surface area contributed by atoms with Gasteiger partial charge in [0.15, 0.2) is 0 Å². The average Bonchev–Trinajstić information content (AvgIpc) is 2.68. The van der Waals surface area contributed by atoms with Crippen molar-refractivity contribution in [3.05, 3.63) is 91.0 Å². The van der Waals surface area contributed by atoms with Gasteiger partial charge in [-0.3, -0.25) is 0 Å². The Kier molecular flexibility index (Phi) is 3.90. The Balaban J connectivity index is 1.92. The third-order valence-electron chi connectivity index (χ3n) is 4.38. The highest BCUT2D eigenvalue weighted by molar-refractivity contribution is 6.45. The van der Waals surface area contributed by atoms with Gasteiger partial charge in [-0.15, -0.1) is 0 Å². The highest BCUT2D eigenvalue weighted by Crippen LogP contribution is 2.35. The molecule has 113 valence electrons. The lowest BCUT2D eigenvalue weighted by Crippen LogP contribution is -2.11. The highest BCUT2D eigenvalue weighted by atomic mass is 16.2. The van der Waals surface area contributed by atoms with E-state index in [4.69, 9.17) is 5.02 Å². The zero-order valence-electron chi connectivity index (χ0n) is 13.2. The zero-order chi connectivity index (χ0) is 16.4. The summed E-state index contributed by atoms with van der Waals surface area (Å²) in [4.78, 5) is 0. The first kappa shape index (κ1) is 14.7. The predicted octanol–water partition coefficient (Wildman–Crippen LogP) is 4.41. The van der Waals surface area contributed by atoms with E-state index in [0.717, 1.165) is 18.5 Å². The molecular formula is C22H16BO. The number of hydrogen-bond donors (Lipinski definition) is 1. The molecule has 2 heteroatoms. The lowest BCUT2D eigenvalue weighted by molar-refractivity contribution is 0.615. The summed E-state index contributed by atoms with van der Waals surface area (Å²) in [6.07, 6.45) is 0. The Morgan fingerprint density at radius 1 is 0.500 bits per heavy atom. The summed E-state index contributed by atoms with van der Waals surface area (Å²) in [5, 5.41) is 11.6. The molecule has 0 spiro atoms. The zero-order valence-corrected chi connectivity index (χ0v) is 13.2. The Morgan fingerprint density at radius 2 is 1.00 bits per heavy atom. The first-order valence-corrected chi connectivity index (χ1v) is 8.02. The van der Waals surface area contributed by atoms with E-state index < -0.39 is 0 Å². The fourth-order valence-corrected chi connectivity index (χ4v) is 3.17. The Bertz CT molecular complexity index is 976. The van der Waals surface area contributed by atoms with Gasteiger partial charge in [0.2, 0.25) is 0 Å². The first-order chi connectivity index (χ1) is 11.9. The molecule has 0 aliphatic rings. The maximum atomic E-state index is 9.11. The van der Waals surface area contributed by atoms with Crippen molar-refractivity contribution in [2.24, 2.45) is 0 Å². The van der Waals surface area contributed by atoms with Gasteiger partial charge in [-0.05, 0) is 33.0 Å². The Labute approximate surface area is 142 Å². The molecule has 0 aromatic heterocycles. The van der Waals surface area contributed by atoms with Crippen molar-refractivity contribution in [3.63, 3.8) is 0 Å². The molecule has 0 aliphatic heterocycles. The van der Waals surface area contributed by atoms with E-state index in [-0.39, 0.29) is 0 Å². The molecule has 0 saturated carbocycles. The van der Waals surface area contributed by atoms with Crippen LogP contribution in [-0.2, 0) is 0 Å². The van der Waals surface area contributed by atoms with Crippen LogP contribution in [0.15, 0.2) is 91.0 Å². The topological polar surface area (TPSA) is 20.2 Å². The van der Waals surface area contributed by atoms with Gasteiger partial charge >= 0.3 is 7.48 Å². The molecule has 0 aliphatic carbocycles. The van der Waals surface area contributed by atoms with Crippen LogP contribution in [0.3, 0.4) is 0 Å². The van der Waals surface area contributed by atoms with Crippen molar-refractivity contribution < 1.29 is 5.02 Å². The minimum atomic E-state index is 0.809. The van der Waals surface area contributed by atoms with Crippen molar-refractivity contribution in [2.75, 3.05) is 0 Å². The maximum Gasteiger partial charge on any atom is 0.326 e. The smallest absolute Gasteiger partial charge is 0.326 e. The highest BCUT2D eigenvalue weighted by Gasteiger charge is 2.09. The molecule has 0 saturated heterocycles. The molecule has 0 fully saturated rings. The van der Waals surface area contributed by atoms with E-state index in [2.05, 4.69) is 60.7 Å². The second-order valence-corrected chi connectivity index (χ2v) is 5.82. The summed E-state index contributed by atoms with van der Waals surface area (Å²) in [7, 11) is 1.13. The van der Waals surface area contributed by atoms with E-state index in [0.29, 0.717) is 0 Å². The fourth-order valence-electron chi connectivity index (χ4n) is 3.17. The molecule has 1 nitrogen and oxygen atoms in total. The lowest BCUT2D eigenvalue weighted by Gasteiger charge is -2.12. The summed E-state index contributed by atoms with van der Waals surface area (Å²) < 4.78 is 0. The third-order valence-corrected chi connectivity index (χ3v) is 4.38. The van der Waals surface area contributed by atoms with Crippen LogP contribution in [0.2, 0.25) is 0 Å². The first-order valence-electron chi connectivity index (χ1n) is 8.02. The van der Waals surface area contributed by atoms with Gasteiger partial charge in [0.05, 0.1) is 0 Å². The predicted molar refractivity (Wildman–Crippen MR) is 102 cm³/mol. The van der Waals surface area contributed by atoms with Gasteiger partial charge in [0.1, 0.15) is 0 Å². The Hall–Kier alpha value is -2.84. The molecule has 0 amide bonds. The van der Waals surface area contributed by atoms with Crippen LogP contribution in [0, 0.1) is 0 Å². The third kappa shape index (κ3) is 2.62. The van der Waals surface area contributed by atoms with Crippen molar-refractivity contribution in [3.8, 4) is 22.3 Å². The molecule has 1 radical (unpaired) electrons. The van der Waals surface area contributed by atoms with Gasteiger partial charge in [0, 0.05) is 0 Å². The SMILES string of the molecule is O[B]c1ccc(-c2ccc(-c3ccccc3)c3ccccc23)cc1. The van der Waals surface area contributed by atoms with Crippen LogP contribution < -0.4 is 5.46 Å². The Morgan fingerprint density at radius 3 is 1.54 bits per heavy atom. The minimum absolute atomic E-state index is 0.809. The van der Waals surface area contributed by atoms with Crippen molar-refractivity contribution >= 4 is 23.7 Å². The number of benzene rings is 4. The molecule has 24 heavy (non-hydrogen) atoms. The largest absolute Gasteiger partial charge is 0.450 e. The lowest BCUT2D eigenvalue weighted by atomic mass is 9.86. The second-order valence-electron chi connectivity index (χ2n) is 5.82. The van der Waals surface area contributed by atoms with Crippen LogP contribution >= 0.6 is 0 Å². The molecule has 4 rings (SSSR count). The number of rotatable bonds is 3. The normalized spacial score (nSPS) is 10.7. The van der Waals surface area contributed by atoms with Crippen LogP contribution in [0.5, 0.6) is 0 Å². The van der Waals surface area contributed by atoms with Crippen molar-refractivity contribution in [1.82, 2.24) is 0 Å². The molecule has 0 heterocycles. The summed E-state index contributed by atoms with van der Waals surface area (Å²) in [5.41, 5.74) is 5.64. The van der Waals surface area contributed by atoms with E-state index in [1.165, 1.54) is 27.5 Å². The number of hydrogen-bond acceptors (Lipinski definition) is 1. The van der Waals surface area contributed by atoms with Gasteiger partial charge < -0.3 is 5.02 Å². The van der Waals surface area contributed by atoms with Crippen molar-refractivity contribution in [1.29, 1.82) is 0 Å². The van der Waals surface area contributed by atoms with Gasteiger partial charge in [-0.1, -0.05) is 96.5 Å². The summed E-state index contributed by atoms with van der Waals surface area (Å²) in [6, 6.07) is 31.3. The molecule has 4 aromatic carbocycles. The molecule has 4 aromatic rings. The minimum Gasteiger partial charge on any atom is -0.450 e. The summed E-state index contributed by atoms with van der Waals surface area (Å²) in [6.45, 7) is 0. The monoisotopic (exact) mass is 307 g/mol. The van der Waals surface area contributed by atoms with Gasteiger partial charge in [-0.25, -0.2) is 0 Å². The van der Waals surface area contributed by atoms with E-state index in [1.54, 1.807) is 0 Å². The van der Waals surface area contributed by atoms with E-state index >= 15 is 0 Å². The molecule has 0 atom stereocenters.